The maximum Gasteiger partial charge on any atom is 0.0811 e. The average Bonchev–Trinajstić information content (AvgIpc) is 2.84. The molecule has 0 radical (unpaired) electrons. The maximum absolute atomic E-state index is 5.86. The van der Waals surface area contributed by atoms with Crippen molar-refractivity contribution in [1.29, 1.82) is 0 Å². The summed E-state index contributed by atoms with van der Waals surface area (Å²) in [5.41, 5.74) is 1.21. The topological polar surface area (TPSA) is 39.1 Å². The lowest BCUT2D eigenvalue weighted by Crippen LogP contribution is -2.36. The smallest absolute Gasteiger partial charge is 0.0811 e. The van der Waals surface area contributed by atoms with Crippen LogP contribution in [0.5, 0.6) is 0 Å². The van der Waals surface area contributed by atoms with Crippen LogP contribution in [0.1, 0.15) is 32.0 Å². The molecular weight excluding hydrogens is 202 g/mol. The van der Waals surface area contributed by atoms with Crippen LogP contribution in [0.15, 0.2) is 12.3 Å². The van der Waals surface area contributed by atoms with E-state index in [2.05, 4.69) is 30.3 Å². The lowest BCUT2D eigenvalue weighted by atomic mass is 9.95. The summed E-state index contributed by atoms with van der Waals surface area (Å²) < 4.78 is 7.79. The zero-order valence-corrected chi connectivity index (χ0v) is 10.3. The van der Waals surface area contributed by atoms with Gasteiger partial charge in [-0.25, -0.2) is 0 Å². The summed E-state index contributed by atoms with van der Waals surface area (Å²) in [5.74, 6) is 0.610. The first-order chi connectivity index (χ1) is 7.74. The number of rotatable bonds is 4. The normalized spacial score (nSPS) is 27.2. The number of aromatic nitrogens is 2. The van der Waals surface area contributed by atoms with Gasteiger partial charge in [0.25, 0.3) is 0 Å². The highest BCUT2D eigenvalue weighted by Gasteiger charge is 2.33. The van der Waals surface area contributed by atoms with E-state index in [0.29, 0.717) is 5.92 Å². The Morgan fingerprint density at radius 2 is 2.50 bits per heavy atom. The van der Waals surface area contributed by atoms with Gasteiger partial charge in [-0.15, -0.1) is 0 Å². The Kier molecular flexibility index (Phi) is 3.61. The van der Waals surface area contributed by atoms with Gasteiger partial charge in [-0.1, -0.05) is 13.8 Å². The second kappa shape index (κ2) is 4.97. The molecule has 16 heavy (non-hydrogen) atoms. The molecule has 2 rings (SSSR count). The van der Waals surface area contributed by atoms with Gasteiger partial charge in [0.1, 0.15) is 0 Å². The van der Waals surface area contributed by atoms with Gasteiger partial charge in [-0.3, -0.25) is 4.68 Å². The molecule has 0 amide bonds. The Bertz CT molecular complexity index is 337. The lowest BCUT2D eigenvalue weighted by molar-refractivity contribution is 0.0587. The zero-order valence-electron chi connectivity index (χ0n) is 10.3. The van der Waals surface area contributed by atoms with E-state index in [1.807, 2.05) is 17.9 Å². The van der Waals surface area contributed by atoms with E-state index in [9.17, 15) is 0 Å². The maximum atomic E-state index is 5.86. The molecule has 1 saturated heterocycles. The van der Waals surface area contributed by atoms with E-state index < -0.39 is 0 Å². The fourth-order valence-electron chi connectivity index (χ4n) is 2.44. The van der Waals surface area contributed by atoms with Gasteiger partial charge >= 0.3 is 0 Å². The van der Waals surface area contributed by atoms with Crippen LogP contribution in [-0.4, -0.2) is 29.0 Å². The van der Waals surface area contributed by atoms with Crippen molar-refractivity contribution in [3.63, 3.8) is 0 Å². The van der Waals surface area contributed by atoms with Crippen LogP contribution in [0, 0.1) is 5.92 Å². The fraction of sp³-hybridized carbons (Fsp3) is 0.750. The van der Waals surface area contributed by atoms with Crippen molar-refractivity contribution in [1.82, 2.24) is 15.1 Å². The first-order valence-corrected chi connectivity index (χ1v) is 6.07. The third kappa shape index (κ3) is 2.13. The summed E-state index contributed by atoms with van der Waals surface area (Å²) in [7, 11) is 1.99. The molecule has 1 aliphatic heterocycles. The van der Waals surface area contributed by atoms with Crippen LogP contribution >= 0.6 is 0 Å². The molecule has 0 spiro atoms. The molecule has 0 aromatic carbocycles. The highest BCUT2D eigenvalue weighted by molar-refractivity contribution is 5.10. The first kappa shape index (κ1) is 11.6. The summed E-state index contributed by atoms with van der Waals surface area (Å²) in [6, 6.07) is 2.33. The molecule has 3 atom stereocenters. The van der Waals surface area contributed by atoms with Gasteiger partial charge < -0.3 is 10.1 Å². The van der Waals surface area contributed by atoms with Gasteiger partial charge in [0.05, 0.1) is 17.8 Å². The molecule has 90 valence electrons. The zero-order chi connectivity index (χ0) is 11.5. The summed E-state index contributed by atoms with van der Waals surface area (Å²) in [4.78, 5) is 0. The van der Waals surface area contributed by atoms with Gasteiger partial charge in [-0.05, 0) is 24.9 Å². The predicted molar refractivity (Wildman–Crippen MR) is 63.1 cm³/mol. The van der Waals surface area contributed by atoms with Gasteiger partial charge in [-0.2, -0.15) is 5.10 Å². The van der Waals surface area contributed by atoms with E-state index >= 15 is 0 Å². The minimum atomic E-state index is 0.259. The largest absolute Gasteiger partial charge is 0.376 e. The van der Waals surface area contributed by atoms with Crippen LogP contribution in [0.25, 0.3) is 0 Å². The minimum absolute atomic E-state index is 0.259. The summed E-state index contributed by atoms with van der Waals surface area (Å²) in [6.45, 7) is 6.22. The molecule has 1 fully saturated rings. The molecule has 0 saturated carbocycles. The number of nitrogens with one attached hydrogen (secondary N) is 1. The number of nitrogens with zero attached hydrogens (tertiary/aromatic N) is 2. The Hall–Kier alpha value is -0.870. The Balaban J connectivity index is 2.20. The van der Waals surface area contributed by atoms with Crippen LogP contribution in [-0.2, 0) is 11.8 Å². The fourth-order valence-corrected chi connectivity index (χ4v) is 2.44. The standard InChI is InChI=1S/C12H21N3O/c1-4-13-11(10-5-7-14-15(10)3)12-9(2)6-8-16-12/h5,7,9,11-13H,4,6,8H2,1-3H3. The molecule has 1 aromatic heterocycles. The first-order valence-electron chi connectivity index (χ1n) is 6.07. The van der Waals surface area contributed by atoms with E-state index in [0.717, 1.165) is 19.6 Å². The molecule has 0 bridgehead atoms. The number of likely N-dealkylation sites (N-methyl/N-ethyl adjacent to an activating group) is 1. The number of aryl methyl sites for hydroxylation is 1. The number of ether oxygens (including phenoxy) is 1. The van der Waals surface area contributed by atoms with E-state index in [-0.39, 0.29) is 12.1 Å². The highest BCUT2D eigenvalue weighted by Crippen LogP contribution is 2.30. The molecule has 1 aromatic rings. The summed E-state index contributed by atoms with van der Waals surface area (Å²) in [5, 5.41) is 7.75. The SMILES string of the molecule is CCNC(c1ccnn1C)C1OCCC1C. The van der Waals surface area contributed by atoms with Crippen LogP contribution in [0.4, 0.5) is 0 Å². The van der Waals surface area contributed by atoms with Crippen molar-refractivity contribution >= 4 is 0 Å². The quantitative estimate of drug-likeness (QED) is 0.840. The number of hydrogen-bond acceptors (Lipinski definition) is 3. The van der Waals surface area contributed by atoms with Crippen molar-refractivity contribution in [3.8, 4) is 0 Å². The molecular formula is C12H21N3O. The van der Waals surface area contributed by atoms with E-state index in [1.54, 1.807) is 0 Å². The molecule has 0 aliphatic carbocycles. The molecule has 1 N–H and O–H groups in total. The van der Waals surface area contributed by atoms with Crippen LogP contribution < -0.4 is 5.32 Å². The van der Waals surface area contributed by atoms with Crippen molar-refractivity contribution < 1.29 is 4.74 Å². The van der Waals surface area contributed by atoms with Crippen LogP contribution in [0.2, 0.25) is 0 Å². The molecule has 1 aliphatic rings. The van der Waals surface area contributed by atoms with Gasteiger partial charge in [0, 0.05) is 19.9 Å². The van der Waals surface area contributed by atoms with Crippen LogP contribution in [0.3, 0.4) is 0 Å². The third-order valence-corrected chi connectivity index (χ3v) is 3.37. The van der Waals surface area contributed by atoms with E-state index in [4.69, 9.17) is 4.74 Å². The van der Waals surface area contributed by atoms with Crippen molar-refractivity contribution in [2.24, 2.45) is 13.0 Å². The second-order valence-electron chi connectivity index (χ2n) is 4.52. The Morgan fingerprint density at radius 1 is 1.69 bits per heavy atom. The second-order valence-corrected chi connectivity index (χ2v) is 4.52. The van der Waals surface area contributed by atoms with Crippen molar-refractivity contribution in [2.45, 2.75) is 32.4 Å². The average molecular weight is 223 g/mol. The molecule has 3 unspecified atom stereocenters. The monoisotopic (exact) mass is 223 g/mol. The van der Waals surface area contributed by atoms with Gasteiger partial charge in [0.15, 0.2) is 0 Å². The van der Waals surface area contributed by atoms with Crippen molar-refractivity contribution in [3.05, 3.63) is 18.0 Å². The Labute approximate surface area is 97.0 Å². The van der Waals surface area contributed by atoms with Gasteiger partial charge in [0.2, 0.25) is 0 Å². The predicted octanol–water partition coefficient (Wildman–Crippen LogP) is 1.50. The summed E-state index contributed by atoms with van der Waals surface area (Å²) >= 11 is 0. The van der Waals surface area contributed by atoms with E-state index in [1.165, 1.54) is 5.69 Å². The number of hydrogen-bond donors (Lipinski definition) is 1. The summed E-state index contributed by atoms with van der Waals surface area (Å²) in [6.07, 6.45) is 3.28. The minimum Gasteiger partial charge on any atom is -0.376 e. The molecule has 2 heterocycles. The molecule has 4 nitrogen and oxygen atoms in total. The molecule has 4 heteroatoms. The third-order valence-electron chi connectivity index (χ3n) is 3.37. The van der Waals surface area contributed by atoms with Crippen molar-refractivity contribution in [2.75, 3.05) is 13.2 Å². The Morgan fingerprint density at radius 3 is 3.00 bits per heavy atom. The lowest BCUT2D eigenvalue weighted by Gasteiger charge is -2.26. The highest BCUT2D eigenvalue weighted by atomic mass is 16.5.